The summed E-state index contributed by atoms with van der Waals surface area (Å²) in [5.74, 6) is -0.00710. The molecule has 0 aromatic heterocycles. The second kappa shape index (κ2) is 7.34. The lowest BCUT2D eigenvalue weighted by atomic mass is 9.71. The average molecular weight is 364 g/mol. The van der Waals surface area contributed by atoms with Crippen LogP contribution in [-0.4, -0.2) is 19.9 Å². The standard InChI is InChI=1S/C25H33NO/c1-10-20(27)22-18(24(2,3)4)16-19(26(8)9)21(23(22)25(5,6)7)17-14-12-11-13-15-17/h10-16H,1H2,2-9H3. The van der Waals surface area contributed by atoms with Crippen LogP contribution < -0.4 is 4.90 Å². The van der Waals surface area contributed by atoms with Crippen LogP contribution in [0.2, 0.25) is 0 Å². The van der Waals surface area contributed by atoms with Crippen LogP contribution in [0.1, 0.15) is 63.0 Å². The van der Waals surface area contributed by atoms with Crippen molar-refractivity contribution < 1.29 is 4.79 Å². The summed E-state index contributed by atoms with van der Waals surface area (Å²) >= 11 is 0. The second-order valence-corrected chi connectivity index (χ2v) is 9.40. The van der Waals surface area contributed by atoms with E-state index in [4.69, 9.17) is 0 Å². The van der Waals surface area contributed by atoms with Gasteiger partial charge in [-0.1, -0.05) is 78.5 Å². The molecule has 0 aliphatic carbocycles. The minimum atomic E-state index is -0.203. The van der Waals surface area contributed by atoms with Crippen LogP contribution in [0.5, 0.6) is 0 Å². The Kier molecular flexibility index (Phi) is 5.70. The molecule has 27 heavy (non-hydrogen) atoms. The molecule has 2 rings (SSSR count). The van der Waals surface area contributed by atoms with Gasteiger partial charge in [0.25, 0.3) is 0 Å². The Hall–Kier alpha value is -2.35. The maximum atomic E-state index is 13.1. The largest absolute Gasteiger partial charge is 0.377 e. The minimum absolute atomic E-state index is 0.00710. The Labute approximate surface area is 164 Å². The van der Waals surface area contributed by atoms with E-state index in [0.717, 1.165) is 33.5 Å². The lowest BCUT2D eigenvalue weighted by molar-refractivity contribution is 0.104. The number of benzene rings is 2. The van der Waals surface area contributed by atoms with Gasteiger partial charge in [0.2, 0.25) is 0 Å². The molecular weight excluding hydrogens is 330 g/mol. The number of hydrogen-bond acceptors (Lipinski definition) is 2. The van der Waals surface area contributed by atoms with Gasteiger partial charge in [-0.25, -0.2) is 0 Å². The third-order valence-corrected chi connectivity index (χ3v) is 4.84. The van der Waals surface area contributed by atoms with Crippen LogP contribution in [-0.2, 0) is 10.8 Å². The maximum absolute atomic E-state index is 13.1. The highest BCUT2D eigenvalue weighted by Gasteiger charge is 2.33. The summed E-state index contributed by atoms with van der Waals surface area (Å²) < 4.78 is 0. The Morgan fingerprint density at radius 2 is 1.52 bits per heavy atom. The first-order chi connectivity index (χ1) is 12.4. The number of nitrogens with zero attached hydrogens (tertiary/aromatic N) is 1. The molecule has 2 aromatic carbocycles. The Balaban J connectivity index is 3.16. The molecule has 0 saturated carbocycles. The number of carbonyl (C=O) groups excluding carboxylic acids is 1. The normalized spacial score (nSPS) is 12.0. The second-order valence-electron chi connectivity index (χ2n) is 9.40. The molecule has 0 amide bonds. The third-order valence-electron chi connectivity index (χ3n) is 4.84. The smallest absolute Gasteiger partial charge is 0.185 e. The zero-order chi connectivity index (χ0) is 20.6. The van der Waals surface area contributed by atoms with Crippen molar-refractivity contribution in [3.63, 3.8) is 0 Å². The van der Waals surface area contributed by atoms with E-state index in [1.807, 2.05) is 18.2 Å². The SMILES string of the molecule is C=CC(=O)c1c(C(C)(C)C)cc(N(C)C)c(-c2ccccc2)c1C(C)(C)C. The van der Waals surface area contributed by atoms with Crippen molar-refractivity contribution in [3.05, 3.63) is 65.7 Å². The van der Waals surface area contributed by atoms with Crippen LogP contribution >= 0.6 is 0 Å². The predicted octanol–water partition coefficient (Wildman–Crippen LogP) is 6.38. The third kappa shape index (κ3) is 4.16. The van der Waals surface area contributed by atoms with E-state index in [9.17, 15) is 4.79 Å². The predicted molar refractivity (Wildman–Crippen MR) is 118 cm³/mol. The van der Waals surface area contributed by atoms with Gasteiger partial charge in [-0.2, -0.15) is 0 Å². The topological polar surface area (TPSA) is 20.3 Å². The summed E-state index contributed by atoms with van der Waals surface area (Å²) in [5.41, 5.74) is 6.00. The van der Waals surface area contributed by atoms with Crippen molar-refractivity contribution in [1.29, 1.82) is 0 Å². The quantitative estimate of drug-likeness (QED) is 0.464. The summed E-state index contributed by atoms with van der Waals surface area (Å²) in [6, 6.07) is 12.6. The highest BCUT2D eigenvalue weighted by Crippen LogP contribution is 2.45. The van der Waals surface area contributed by atoms with E-state index >= 15 is 0 Å². The van der Waals surface area contributed by atoms with E-state index in [-0.39, 0.29) is 16.6 Å². The van der Waals surface area contributed by atoms with Gasteiger partial charge < -0.3 is 4.90 Å². The number of ketones is 1. The summed E-state index contributed by atoms with van der Waals surface area (Å²) in [6.45, 7) is 16.8. The molecule has 0 saturated heterocycles. The highest BCUT2D eigenvalue weighted by molar-refractivity contribution is 6.09. The van der Waals surface area contributed by atoms with Gasteiger partial charge in [0, 0.05) is 30.9 Å². The summed E-state index contributed by atoms with van der Waals surface area (Å²) in [4.78, 5) is 15.2. The van der Waals surface area contributed by atoms with Crippen molar-refractivity contribution in [3.8, 4) is 11.1 Å². The molecule has 0 fully saturated rings. The molecule has 2 aromatic rings. The molecule has 0 N–H and O–H groups in total. The first-order valence-corrected chi connectivity index (χ1v) is 9.51. The van der Waals surface area contributed by atoms with Crippen molar-refractivity contribution in [1.82, 2.24) is 0 Å². The molecule has 0 aliphatic rings. The number of allylic oxidation sites excluding steroid dienone is 1. The molecule has 0 radical (unpaired) electrons. The van der Waals surface area contributed by atoms with Gasteiger partial charge in [-0.15, -0.1) is 0 Å². The van der Waals surface area contributed by atoms with Crippen LogP contribution in [0.15, 0.2) is 49.1 Å². The molecule has 2 heteroatoms. The number of rotatable bonds is 4. The van der Waals surface area contributed by atoms with Gasteiger partial charge in [0.15, 0.2) is 5.78 Å². The van der Waals surface area contributed by atoms with Gasteiger partial charge in [0.05, 0.1) is 0 Å². The first-order valence-electron chi connectivity index (χ1n) is 9.51. The molecular formula is C25H33NO. The first kappa shape index (κ1) is 21.0. The fourth-order valence-corrected chi connectivity index (χ4v) is 3.62. The van der Waals surface area contributed by atoms with Gasteiger partial charge >= 0.3 is 0 Å². The monoisotopic (exact) mass is 363 g/mol. The van der Waals surface area contributed by atoms with Crippen LogP contribution in [0.25, 0.3) is 11.1 Å². The maximum Gasteiger partial charge on any atom is 0.185 e. The molecule has 0 heterocycles. The number of carbonyl (C=O) groups is 1. The van der Waals surface area contributed by atoms with E-state index in [1.165, 1.54) is 6.08 Å². The molecule has 0 spiro atoms. The van der Waals surface area contributed by atoms with Crippen LogP contribution in [0.3, 0.4) is 0 Å². The van der Waals surface area contributed by atoms with E-state index in [1.54, 1.807) is 0 Å². The van der Waals surface area contributed by atoms with E-state index < -0.39 is 0 Å². The van der Waals surface area contributed by atoms with E-state index in [2.05, 4.69) is 85.3 Å². The molecule has 2 nitrogen and oxygen atoms in total. The van der Waals surface area contributed by atoms with Crippen molar-refractivity contribution in [2.45, 2.75) is 52.4 Å². The fourth-order valence-electron chi connectivity index (χ4n) is 3.62. The summed E-state index contributed by atoms with van der Waals surface area (Å²) in [6.07, 6.45) is 1.45. The molecule has 0 aliphatic heterocycles. The average Bonchev–Trinajstić information content (AvgIpc) is 2.58. The van der Waals surface area contributed by atoms with Gasteiger partial charge in [-0.05, 0) is 39.7 Å². The van der Waals surface area contributed by atoms with Crippen molar-refractivity contribution >= 4 is 11.5 Å². The Bertz CT molecular complexity index is 847. The summed E-state index contributed by atoms with van der Waals surface area (Å²) in [5, 5.41) is 0. The zero-order valence-electron chi connectivity index (χ0n) is 18.1. The van der Waals surface area contributed by atoms with Gasteiger partial charge in [-0.3, -0.25) is 4.79 Å². The van der Waals surface area contributed by atoms with Crippen LogP contribution in [0.4, 0.5) is 5.69 Å². The molecule has 0 atom stereocenters. The fraction of sp³-hybridized carbons (Fsp3) is 0.400. The number of hydrogen-bond donors (Lipinski definition) is 0. The Morgan fingerprint density at radius 3 is 1.93 bits per heavy atom. The van der Waals surface area contributed by atoms with Crippen LogP contribution in [0, 0.1) is 0 Å². The minimum Gasteiger partial charge on any atom is -0.377 e. The Morgan fingerprint density at radius 1 is 0.963 bits per heavy atom. The van der Waals surface area contributed by atoms with Crippen molar-refractivity contribution in [2.75, 3.05) is 19.0 Å². The lowest BCUT2D eigenvalue weighted by Crippen LogP contribution is -2.26. The van der Waals surface area contributed by atoms with Gasteiger partial charge in [0.1, 0.15) is 0 Å². The van der Waals surface area contributed by atoms with E-state index in [0.29, 0.717) is 0 Å². The number of anilines is 1. The molecule has 0 unspecified atom stereocenters. The molecule has 144 valence electrons. The summed E-state index contributed by atoms with van der Waals surface area (Å²) in [7, 11) is 4.13. The molecule has 0 bridgehead atoms. The highest BCUT2D eigenvalue weighted by atomic mass is 16.1. The lowest BCUT2D eigenvalue weighted by Gasteiger charge is -2.34. The zero-order valence-corrected chi connectivity index (χ0v) is 18.1. The van der Waals surface area contributed by atoms with Crippen molar-refractivity contribution in [2.24, 2.45) is 0 Å².